The van der Waals surface area contributed by atoms with E-state index in [0.29, 0.717) is 16.5 Å². The molecule has 0 saturated heterocycles. The molecular weight excluding hydrogens is 342 g/mol. The number of carbonyl (C=O) groups excluding carboxylic acids is 1. The van der Waals surface area contributed by atoms with Gasteiger partial charge in [0.15, 0.2) is 12.3 Å². The summed E-state index contributed by atoms with van der Waals surface area (Å²) in [5.74, 6) is 0.583. The summed E-state index contributed by atoms with van der Waals surface area (Å²) in [6.07, 6.45) is 0. The number of hydrogen-bond acceptors (Lipinski definition) is 5. The number of carbonyl (C=O) groups is 1. The van der Waals surface area contributed by atoms with Crippen molar-refractivity contribution in [2.45, 2.75) is 13.8 Å². The second-order valence-corrected chi connectivity index (χ2v) is 5.96. The first-order valence-electron chi connectivity index (χ1n) is 7.62. The van der Waals surface area contributed by atoms with Crippen molar-refractivity contribution < 1.29 is 14.2 Å². The number of nitrogens with one attached hydrogen (secondary N) is 1. The number of para-hydroxylation sites is 1. The van der Waals surface area contributed by atoms with Gasteiger partial charge in [0.2, 0.25) is 5.82 Å². The summed E-state index contributed by atoms with van der Waals surface area (Å²) in [5.41, 5.74) is 3.10. The monoisotopic (exact) mass is 357 g/mol. The summed E-state index contributed by atoms with van der Waals surface area (Å²) < 4.78 is 10.4. The Morgan fingerprint density at radius 2 is 1.80 bits per heavy atom. The lowest BCUT2D eigenvalue weighted by molar-refractivity contribution is -0.118. The Hall–Kier alpha value is -2.86. The van der Waals surface area contributed by atoms with Crippen LogP contribution in [0.5, 0.6) is 5.75 Å². The van der Waals surface area contributed by atoms with Gasteiger partial charge in [-0.25, -0.2) is 4.63 Å². The molecule has 0 saturated carbocycles. The largest absolute Gasteiger partial charge is 0.483 e. The van der Waals surface area contributed by atoms with Gasteiger partial charge < -0.3 is 10.1 Å². The molecule has 1 N–H and O–H groups in total. The third-order valence-corrected chi connectivity index (χ3v) is 3.87. The highest BCUT2D eigenvalue weighted by Gasteiger charge is 2.16. The second kappa shape index (κ2) is 7.36. The Bertz CT molecular complexity index is 871. The maximum Gasteiger partial charge on any atom is 0.263 e. The summed E-state index contributed by atoms with van der Waals surface area (Å²) in [6, 6.07) is 12.8. The number of amides is 1. The van der Waals surface area contributed by atoms with Gasteiger partial charge in [-0.05, 0) is 47.4 Å². The first-order valence-corrected chi connectivity index (χ1v) is 8.00. The molecule has 0 aliphatic heterocycles. The zero-order chi connectivity index (χ0) is 17.8. The average molecular weight is 358 g/mol. The number of benzene rings is 2. The quantitative estimate of drug-likeness (QED) is 0.746. The van der Waals surface area contributed by atoms with Gasteiger partial charge in [0.25, 0.3) is 5.91 Å². The van der Waals surface area contributed by atoms with Gasteiger partial charge >= 0.3 is 0 Å². The highest BCUT2D eigenvalue weighted by Crippen LogP contribution is 2.26. The fraction of sp³-hybridized carbons (Fsp3) is 0.167. The van der Waals surface area contributed by atoms with E-state index in [4.69, 9.17) is 21.0 Å². The Morgan fingerprint density at radius 1 is 1.12 bits per heavy atom. The molecule has 1 heterocycles. The van der Waals surface area contributed by atoms with E-state index in [1.165, 1.54) is 0 Å². The van der Waals surface area contributed by atoms with Gasteiger partial charge in [-0.3, -0.25) is 4.79 Å². The van der Waals surface area contributed by atoms with Crippen LogP contribution in [0.3, 0.4) is 0 Å². The summed E-state index contributed by atoms with van der Waals surface area (Å²) >= 11 is 5.88. The number of ether oxygens (including phenoxy) is 1. The number of anilines is 1. The minimum Gasteiger partial charge on any atom is -0.483 e. The molecule has 0 aliphatic rings. The predicted octanol–water partition coefficient (Wildman–Crippen LogP) is 4.02. The normalized spacial score (nSPS) is 10.5. The van der Waals surface area contributed by atoms with Crippen LogP contribution >= 0.6 is 11.6 Å². The third kappa shape index (κ3) is 3.97. The molecule has 3 aromatic rings. The number of hydrogen-bond donors (Lipinski definition) is 1. The van der Waals surface area contributed by atoms with Crippen LogP contribution in [0.25, 0.3) is 11.3 Å². The zero-order valence-electron chi connectivity index (χ0n) is 13.7. The predicted molar refractivity (Wildman–Crippen MR) is 94.8 cm³/mol. The Labute approximate surface area is 149 Å². The lowest BCUT2D eigenvalue weighted by Crippen LogP contribution is -2.21. The Morgan fingerprint density at radius 3 is 2.48 bits per heavy atom. The molecule has 6 nitrogen and oxygen atoms in total. The van der Waals surface area contributed by atoms with Crippen molar-refractivity contribution in [3.05, 3.63) is 58.6 Å². The zero-order valence-corrected chi connectivity index (χ0v) is 14.5. The summed E-state index contributed by atoms with van der Waals surface area (Å²) in [6.45, 7) is 3.72. The molecule has 1 amide bonds. The molecular formula is C18H16ClN3O3. The number of halogens is 1. The number of rotatable bonds is 5. The molecule has 0 radical (unpaired) electrons. The minimum absolute atomic E-state index is 0.140. The number of aromatic nitrogens is 2. The molecule has 1 aromatic heterocycles. The van der Waals surface area contributed by atoms with Crippen molar-refractivity contribution in [2.24, 2.45) is 0 Å². The van der Waals surface area contributed by atoms with Gasteiger partial charge in [0.1, 0.15) is 5.75 Å². The molecule has 0 bridgehead atoms. The van der Waals surface area contributed by atoms with Crippen LogP contribution in [-0.2, 0) is 4.79 Å². The molecule has 0 aliphatic carbocycles. The number of nitrogens with zero attached hydrogens (tertiary/aromatic N) is 2. The molecule has 0 atom stereocenters. The first kappa shape index (κ1) is 17.0. The van der Waals surface area contributed by atoms with Crippen LogP contribution in [0.15, 0.2) is 47.1 Å². The van der Waals surface area contributed by atoms with Crippen LogP contribution < -0.4 is 10.1 Å². The van der Waals surface area contributed by atoms with Crippen molar-refractivity contribution >= 4 is 23.3 Å². The molecule has 7 heteroatoms. The van der Waals surface area contributed by atoms with E-state index in [-0.39, 0.29) is 18.3 Å². The Kier molecular flexibility index (Phi) is 5.00. The van der Waals surface area contributed by atoms with E-state index in [2.05, 4.69) is 15.6 Å². The summed E-state index contributed by atoms with van der Waals surface area (Å²) in [5, 5.41) is 10.8. The van der Waals surface area contributed by atoms with Gasteiger partial charge in [0.05, 0.1) is 0 Å². The first-order chi connectivity index (χ1) is 12.0. The fourth-order valence-corrected chi connectivity index (χ4v) is 2.53. The van der Waals surface area contributed by atoms with Crippen LogP contribution in [-0.4, -0.2) is 22.8 Å². The van der Waals surface area contributed by atoms with Crippen molar-refractivity contribution in [3.63, 3.8) is 0 Å². The van der Waals surface area contributed by atoms with E-state index in [0.717, 1.165) is 16.7 Å². The van der Waals surface area contributed by atoms with E-state index in [9.17, 15) is 4.79 Å². The van der Waals surface area contributed by atoms with Crippen molar-refractivity contribution in [2.75, 3.05) is 11.9 Å². The van der Waals surface area contributed by atoms with Crippen LogP contribution in [0, 0.1) is 13.8 Å². The van der Waals surface area contributed by atoms with Crippen LogP contribution in [0.4, 0.5) is 5.82 Å². The maximum atomic E-state index is 12.2. The smallest absolute Gasteiger partial charge is 0.263 e. The maximum absolute atomic E-state index is 12.2. The standard InChI is InChI=1S/C18H16ClN3O3/c1-11-4-3-5-12(2)17(11)24-10-15(23)20-18-16(21-25-22-18)13-6-8-14(19)9-7-13/h3-9H,10H2,1-2H3,(H,20,22,23). The van der Waals surface area contributed by atoms with Gasteiger partial charge in [-0.2, -0.15) is 0 Å². The second-order valence-electron chi connectivity index (χ2n) is 5.53. The van der Waals surface area contributed by atoms with E-state index in [1.807, 2.05) is 32.0 Å². The molecule has 0 fully saturated rings. The van der Waals surface area contributed by atoms with Crippen molar-refractivity contribution in [3.8, 4) is 17.0 Å². The lowest BCUT2D eigenvalue weighted by Gasteiger charge is -2.11. The third-order valence-electron chi connectivity index (χ3n) is 3.62. The van der Waals surface area contributed by atoms with Crippen LogP contribution in [0.2, 0.25) is 5.02 Å². The Balaban J connectivity index is 1.68. The average Bonchev–Trinajstić information content (AvgIpc) is 3.03. The molecule has 128 valence electrons. The topological polar surface area (TPSA) is 77.2 Å². The molecule has 0 spiro atoms. The van der Waals surface area contributed by atoms with Gasteiger partial charge in [0, 0.05) is 10.6 Å². The SMILES string of the molecule is Cc1cccc(C)c1OCC(=O)Nc1nonc1-c1ccc(Cl)cc1. The molecule has 3 rings (SSSR count). The van der Waals surface area contributed by atoms with E-state index < -0.39 is 0 Å². The van der Waals surface area contributed by atoms with E-state index >= 15 is 0 Å². The lowest BCUT2D eigenvalue weighted by atomic mass is 10.1. The van der Waals surface area contributed by atoms with Crippen molar-refractivity contribution in [1.82, 2.24) is 10.3 Å². The minimum atomic E-state index is -0.353. The molecule has 25 heavy (non-hydrogen) atoms. The van der Waals surface area contributed by atoms with Gasteiger partial charge in [-0.1, -0.05) is 41.9 Å². The molecule has 0 unspecified atom stereocenters. The summed E-state index contributed by atoms with van der Waals surface area (Å²) in [7, 11) is 0. The van der Waals surface area contributed by atoms with Crippen LogP contribution in [0.1, 0.15) is 11.1 Å². The molecule has 2 aromatic carbocycles. The highest BCUT2D eigenvalue weighted by atomic mass is 35.5. The van der Waals surface area contributed by atoms with Crippen molar-refractivity contribution in [1.29, 1.82) is 0 Å². The number of aryl methyl sites for hydroxylation is 2. The van der Waals surface area contributed by atoms with E-state index in [1.54, 1.807) is 24.3 Å². The van der Waals surface area contributed by atoms with Gasteiger partial charge in [-0.15, -0.1) is 0 Å². The fourth-order valence-electron chi connectivity index (χ4n) is 2.40. The summed E-state index contributed by atoms with van der Waals surface area (Å²) in [4.78, 5) is 12.2. The highest BCUT2D eigenvalue weighted by molar-refractivity contribution is 6.30.